The largest absolute Gasteiger partial charge is 0.345 e. The number of nitrogens with zero attached hydrogens (tertiary/aromatic N) is 1. The molecular weight excluding hydrogens is 288 g/mol. The van der Waals surface area contributed by atoms with Crippen LogP contribution < -0.4 is 5.32 Å². The van der Waals surface area contributed by atoms with E-state index in [4.69, 9.17) is 0 Å². The molecule has 0 aliphatic carbocycles. The number of ketones is 1. The standard InChI is InChI=1S/C19H28N2O2/c1-14-9-15(2)12-21(11-14)13-19(23)20-18(16(3)22)10-17-7-5-4-6-8-17/h4-8,14-15,18H,9-13H2,1-3H3,(H,20,23)/t14-,15+,18-/m0/s1. The number of piperidine rings is 1. The fourth-order valence-corrected chi connectivity index (χ4v) is 3.51. The number of nitrogens with one attached hydrogen (secondary N) is 1. The zero-order chi connectivity index (χ0) is 16.8. The van der Waals surface area contributed by atoms with Crippen LogP contribution in [0.4, 0.5) is 0 Å². The molecule has 0 radical (unpaired) electrons. The maximum Gasteiger partial charge on any atom is 0.234 e. The zero-order valence-electron chi connectivity index (χ0n) is 14.4. The lowest BCUT2D eigenvalue weighted by atomic mass is 9.92. The normalized spacial score (nSPS) is 23.3. The number of carbonyl (C=O) groups is 2. The quantitative estimate of drug-likeness (QED) is 0.876. The Morgan fingerprint density at radius 1 is 1.17 bits per heavy atom. The average molecular weight is 316 g/mol. The lowest BCUT2D eigenvalue weighted by Crippen LogP contribution is -2.48. The first-order valence-electron chi connectivity index (χ1n) is 8.50. The summed E-state index contributed by atoms with van der Waals surface area (Å²) in [5.74, 6) is 1.20. The van der Waals surface area contributed by atoms with Gasteiger partial charge in [-0.05, 0) is 37.2 Å². The summed E-state index contributed by atoms with van der Waals surface area (Å²) in [5.41, 5.74) is 1.06. The van der Waals surface area contributed by atoms with Crippen molar-refractivity contribution >= 4 is 11.7 Å². The first kappa shape index (κ1) is 17.7. The predicted molar refractivity (Wildman–Crippen MR) is 92.1 cm³/mol. The molecule has 1 heterocycles. The molecule has 3 atom stereocenters. The smallest absolute Gasteiger partial charge is 0.234 e. The summed E-state index contributed by atoms with van der Waals surface area (Å²) >= 11 is 0. The number of benzene rings is 1. The Balaban J connectivity index is 1.89. The van der Waals surface area contributed by atoms with Crippen LogP contribution in [0, 0.1) is 11.8 Å². The van der Waals surface area contributed by atoms with E-state index in [0.29, 0.717) is 24.8 Å². The Hall–Kier alpha value is -1.68. The SMILES string of the molecule is CC(=O)[C@H](Cc1ccccc1)NC(=O)CN1C[C@H](C)C[C@H](C)C1. The second-order valence-electron chi connectivity index (χ2n) is 7.06. The van der Waals surface area contributed by atoms with E-state index in [1.54, 1.807) is 6.92 Å². The molecular formula is C19H28N2O2. The van der Waals surface area contributed by atoms with Crippen molar-refractivity contribution in [3.8, 4) is 0 Å². The number of carbonyl (C=O) groups excluding carboxylic acids is 2. The molecule has 0 saturated carbocycles. The minimum atomic E-state index is -0.440. The molecule has 2 rings (SSSR count). The van der Waals surface area contributed by atoms with Gasteiger partial charge in [0.1, 0.15) is 0 Å². The second-order valence-corrected chi connectivity index (χ2v) is 7.06. The van der Waals surface area contributed by atoms with E-state index in [9.17, 15) is 9.59 Å². The Bertz CT molecular complexity index is 519. The molecule has 0 aromatic heterocycles. The van der Waals surface area contributed by atoms with E-state index in [1.165, 1.54) is 6.42 Å². The van der Waals surface area contributed by atoms with Gasteiger partial charge < -0.3 is 5.32 Å². The molecule has 1 amide bonds. The van der Waals surface area contributed by atoms with Gasteiger partial charge in [0, 0.05) is 13.1 Å². The van der Waals surface area contributed by atoms with Gasteiger partial charge in [0.15, 0.2) is 5.78 Å². The van der Waals surface area contributed by atoms with Gasteiger partial charge in [-0.3, -0.25) is 14.5 Å². The zero-order valence-corrected chi connectivity index (χ0v) is 14.4. The van der Waals surface area contributed by atoms with E-state index in [1.807, 2.05) is 30.3 Å². The van der Waals surface area contributed by atoms with Crippen LogP contribution in [0.1, 0.15) is 32.8 Å². The molecule has 23 heavy (non-hydrogen) atoms. The highest BCUT2D eigenvalue weighted by atomic mass is 16.2. The van der Waals surface area contributed by atoms with Crippen LogP contribution in [-0.2, 0) is 16.0 Å². The summed E-state index contributed by atoms with van der Waals surface area (Å²) < 4.78 is 0. The van der Waals surface area contributed by atoms with Gasteiger partial charge >= 0.3 is 0 Å². The summed E-state index contributed by atoms with van der Waals surface area (Å²) in [6, 6.07) is 9.37. The molecule has 126 valence electrons. The minimum absolute atomic E-state index is 0.00239. The second kappa shape index (κ2) is 8.25. The third kappa shape index (κ3) is 5.79. The molecule has 0 unspecified atom stereocenters. The van der Waals surface area contributed by atoms with Crippen LogP contribution in [-0.4, -0.2) is 42.3 Å². The molecule has 4 heteroatoms. The van der Waals surface area contributed by atoms with E-state index >= 15 is 0 Å². The molecule has 0 bridgehead atoms. The van der Waals surface area contributed by atoms with Crippen molar-refractivity contribution < 1.29 is 9.59 Å². The highest BCUT2D eigenvalue weighted by Crippen LogP contribution is 2.20. The molecule has 1 aromatic carbocycles. The van der Waals surface area contributed by atoms with E-state index in [2.05, 4.69) is 24.1 Å². The summed E-state index contributed by atoms with van der Waals surface area (Å²) in [6.45, 7) is 8.30. The molecule has 1 aliphatic heterocycles. The number of rotatable bonds is 6. The van der Waals surface area contributed by atoms with E-state index in [0.717, 1.165) is 18.7 Å². The monoisotopic (exact) mass is 316 g/mol. The van der Waals surface area contributed by atoms with Crippen LogP contribution in [0.2, 0.25) is 0 Å². The van der Waals surface area contributed by atoms with Crippen molar-refractivity contribution in [2.45, 2.75) is 39.7 Å². The van der Waals surface area contributed by atoms with Crippen molar-refractivity contribution in [3.63, 3.8) is 0 Å². The molecule has 1 fully saturated rings. The fourth-order valence-electron chi connectivity index (χ4n) is 3.51. The Kier molecular flexibility index (Phi) is 6.34. The van der Waals surface area contributed by atoms with E-state index < -0.39 is 6.04 Å². The third-order valence-electron chi connectivity index (χ3n) is 4.42. The Morgan fingerprint density at radius 2 is 1.78 bits per heavy atom. The van der Waals surface area contributed by atoms with Gasteiger partial charge in [-0.1, -0.05) is 44.2 Å². The van der Waals surface area contributed by atoms with Crippen molar-refractivity contribution in [1.82, 2.24) is 10.2 Å². The minimum Gasteiger partial charge on any atom is -0.345 e. The number of amides is 1. The van der Waals surface area contributed by atoms with Crippen molar-refractivity contribution in [2.24, 2.45) is 11.8 Å². The Labute approximate surface area is 139 Å². The first-order chi connectivity index (χ1) is 10.9. The van der Waals surface area contributed by atoms with Crippen LogP contribution in [0.5, 0.6) is 0 Å². The summed E-state index contributed by atoms with van der Waals surface area (Å²) in [7, 11) is 0. The molecule has 1 aromatic rings. The number of hydrogen-bond donors (Lipinski definition) is 1. The highest BCUT2D eigenvalue weighted by molar-refractivity contribution is 5.88. The van der Waals surface area contributed by atoms with E-state index in [-0.39, 0.29) is 11.7 Å². The van der Waals surface area contributed by atoms with Crippen molar-refractivity contribution in [1.29, 1.82) is 0 Å². The van der Waals surface area contributed by atoms with Crippen LogP contribution in [0.25, 0.3) is 0 Å². The summed E-state index contributed by atoms with van der Waals surface area (Å²) in [4.78, 5) is 26.4. The Morgan fingerprint density at radius 3 is 2.35 bits per heavy atom. The maximum absolute atomic E-state index is 12.3. The lowest BCUT2D eigenvalue weighted by Gasteiger charge is -2.34. The van der Waals surface area contributed by atoms with Crippen LogP contribution in [0.15, 0.2) is 30.3 Å². The van der Waals surface area contributed by atoms with Crippen LogP contribution in [0.3, 0.4) is 0 Å². The molecule has 1 N–H and O–H groups in total. The lowest BCUT2D eigenvalue weighted by molar-refractivity contribution is -0.128. The maximum atomic E-state index is 12.3. The van der Waals surface area contributed by atoms with Gasteiger partial charge in [0.25, 0.3) is 0 Å². The van der Waals surface area contributed by atoms with Gasteiger partial charge in [-0.25, -0.2) is 0 Å². The fraction of sp³-hybridized carbons (Fsp3) is 0.579. The average Bonchev–Trinajstić information content (AvgIpc) is 2.46. The number of Topliss-reactive ketones (excluding diaryl/α,β-unsaturated/α-hetero) is 1. The third-order valence-corrected chi connectivity index (χ3v) is 4.42. The number of likely N-dealkylation sites (tertiary alicyclic amines) is 1. The van der Waals surface area contributed by atoms with Crippen molar-refractivity contribution in [2.75, 3.05) is 19.6 Å². The molecule has 1 saturated heterocycles. The topological polar surface area (TPSA) is 49.4 Å². The molecule has 0 spiro atoms. The molecule has 4 nitrogen and oxygen atoms in total. The molecule has 1 aliphatic rings. The van der Waals surface area contributed by atoms with Gasteiger partial charge in [-0.2, -0.15) is 0 Å². The predicted octanol–water partition coefficient (Wildman–Crippen LogP) is 2.28. The van der Waals surface area contributed by atoms with Gasteiger partial charge in [-0.15, -0.1) is 0 Å². The summed E-state index contributed by atoms with van der Waals surface area (Å²) in [5, 5.41) is 2.91. The first-order valence-corrected chi connectivity index (χ1v) is 8.50. The number of hydrogen-bond acceptors (Lipinski definition) is 3. The van der Waals surface area contributed by atoms with Crippen LogP contribution >= 0.6 is 0 Å². The van der Waals surface area contributed by atoms with Gasteiger partial charge in [0.2, 0.25) is 5.91 Å². The van der Waals surface area contributed by atoms with Gasteiger partial charge in [0.05, 0.1) is 12.6 Å². The van der Waals surface area contributed by atoms with Crippen molar-refractivity contribution in [3.05, 3.63) is 35.9 Å². The summed E-state index contributed by atoms with van der Waals surface area (Å²) in [6.07, 6.45) is 1.77. The highest BCUT2D eigenvalue weighted by Gasteiger charge is 2.24.